The second-order valence-electron chi connectivity index (χ2n) is 8.54. The second kappa shape index (κ2) is 8.50. The van der Waals surface area contributed by atoms with Gasteiger partial charge >= 0.3 is 6.03 Å². The van der Waals surface area contributed by atoms with Crippen molar-refractivity contribution < 1.29 is 4.79 Å². The molecule has 0 spiro atoms. The zero-order valence-electron chi connectivity index (χ0n) is 19.0. The molecule has 1 aliphatic rings. The Balaban J connectivity index is 1.41. The Labute approximate surface area is 193 Å². The predicted molar refractivity (Wildman–Crippen MR) is 130 cm³/mol. The lowest BCUT2D eigenvalue weighted by atomic mass is 10.0. The molecule has 7 heteroatoms. The van der Waals surface area contributed by atoms with Gasteiger partial charge in [-0.1, -0.05) is 48.0 Å². The van der Waals surface area contributed by atoms with Crippen molar-refractivity contribution in [2.75, 3.05) is 22.9 Å². The number of hydrogen-bond donors (Lipinski definition) is 0. The molecule has 3 heterocycles. The van der Waals surface area contributed by atoms with Gasteiger partial charge in [0.25, 0.3) is 0 Å². The van der Waals surface area contributed by atoms with Crippen LogP contribution in [-0.4, -0.2) is 38.9 Å². The quantitative estimate of drug-likeness (QED) is 0.422. The summed E-state index contributed by atoms with van der Waals surface area (Å²) in [6.07, 6.45) is 1.71. The van der Waals surface area contributed by atoms with Crippen molar-refractivity contribution in [3.05, 3.63) is 78.6 Å². The smallest absolute Gasteiger partial charge is 0.310 e. The van der Waals surface area contributed by atoms with Crippen molar-refractivity contribution in [1.29, 1.82) is 0 Å². The van der Waals surface area contributed by atoms with Crippen molar-refractivity contribution in [2.45, 2.75) is 26.8 Å². The molecule has 2 amide bonds. The van der Waals surface area contributed by atoms with E-state index in [9.17, 15) is 4.79 Å². The van der Waals surface area contributed by atoms with Gasteiger partial charge in [0.2, 0.25) is 0 Å². The molecule has 0 unspecified atom stereocenters. The zero-order chi connectivity index (χ0) is 22.9. The minimum absolute atomic E-state index is 0.0777. The van der Waals surface area contributed by atoms with Crippen LogP contribution in [0, 0.1) is 6.92 Å². The standard InChI is InChI=1S/C26H26N6O/c1-18(2)32-17-27-29-25(32)23-8-5-9-24(28-23)31-15-14-30(26(31)33)22-7-4-6-21(16-22)20-12-10-19(3)11-13-20/h4-13,16-18H,14-15H2,1-3H3. The Hall–Kier alpha value is -4.00. The van der Waals surface area contributed by atoms with E-state index < -0.39 is 0 Å². The van der Waals surface area contributed by atoms with Gasteiger partial charge in [-0.2, -0.15) is 0 Å². The van der Waals surface area contributed by atoms with Crippen LogP contribution < -0.4 is 9.80 Å². The van der Waals surface area contributed by atoms with Gasteiger partial charge in [-0.25, -0.2) is 9.78 Å². The second-order valence-corrected chi connectivity index (χ2v) is 8.54. The molecule has 0 bridgehead atoms. The number of carbonyl (C=O) groups is 1. The van der Waals surface area contributed by atoms with E-state index in [1.165, 1.54) is 5.56 Å². The zero-order valence-corrected chi connectivity index (χ0v) is 19.0. The molecule has 0 atom stereocenters. The van der Waals surface area contributed by atoms with Gasteiger partial charge in [-0.3, -0.25) is 9.80 Å². The summed E-state index contributed by atoms with van der Waals surface area (Å²) in [5, 5.41) is 8.27. The molecule has 0 radical (unpaired) electrons. The molecule has 2 aromatic carbocycles. The third-order valence-corrected chi connectivity index (χ3v) is 5.92. The van der Waals surface area contributed by atoms with Crippen molar-refractivity contribution in [2.24, 2.45) is 0 Å². The molecule has 5 rings (SSSR count). The minimum Gasteiger partial charge on any atom is -0.310 e. The first-order valence-corrected chi connectivity index (χ1v) is 11.1. The normalized spacial score (nSPS) is 13.9. The van der Waals surface area contributed by atoms with E-state index in [0.717, 1.165) is 16.8 Å². The summed E-state index contributed by atoms with van der Waals surface area (Å²) in [5.41, 5.74) is 5.03. The number of urea groups is 1. The van der Waals surface area contributed by atoms with E-state index in [2.05, 4.69) is 67.4 Å². The number of rotatable bonds is 5. The summed E-state index contributed by atoms with van der Waals surface area (Å²) in [6, 6.07) is 22.3. The van der Waals surface area contributed by atoms with Crippen LogP contribution in [0.3, 0.4) is 0 Å². The van der Waals surface area contributed by atoms with Crippen LogP contribution in [0.15, 0.2) is 73.1 Å². The number of aromatic nitrogens is 4. The monoisotopic (exact) mass is 438 g/mol. The van der Waals surface area contributed by atoms with E-state index in [1.807, 2.05) is 39.8 Å². The highest BCUT2D eigenvalue weighted by molar-refractivity contribution is 6.05. The third-order valence-electron chi connectivity index (χ3n) is 5.92. The Morgan fingerprint density at radius 3 is 2.42 bits per heavy atom. The molecule has 7 nitrogen and oxygen atoms in total. The molecule has 1 saturated heterocycles. The average Bonchev–Trinajstić information content (AvgIpc) is 3.47. The highest BCUT2D eigenvalue weighted by Gasteiger charge is 2.32. The molecule has 2 aromatic heterocycles. The Morgan fingerprint density at radius 1 is 0.879 bits per heavy atom. The molecule has 166 valence electrons. The lowest BCUT2D eigenvalue weighted by Crippen LogP contribution is -2.32. The van der Waals surface area contributed by atoms with Crippen molar-refractivity contribution in [3.8, 4) is 22.6 Å². The van der Waals surface area contributed by atoms with E-state index in [0.29, 0.717) is 30.4 Å². The van der Waals surface area contributed by atoms with Crippen LogP contribution in [0.4, 0.5) is 16.3 Å². The molecule has 0 N–H and O–H groups in total. The van der Waals surface area contributed by atoms with Crippen LogP contribution in [-0.2, 0) is 0 Å². The molecule has 1 aliphatic heterocycles. The van der Waals surface area contributed by atoms with E-state index in [-0.39, 0.29) is 12.1 Å². The van der Waals surface area contributed by atoms with Gasteiger partial charge in [0.05, 0.1) is 0 Å². The van der Waals surface area contributed by atoms with Crippen LogP contribution >= 0.6 is 0 Å². The van der Waals surface area contributed by atoms with Crippen LogP contribution in [0.5, 0.6) is 0 Å². The first kappa shape index (κ1) is 20.9. The Kier molecular flexibility index (Phi) is 5.38. The summed E-state index contributed by atoms with van der Waals surface area (Å²) in [6.45, 7) is 7.39. The number of amides is 2. The molecule has 33 heavy (non-hydrogen) atoms. The number of pyridine rings is 1. The molecular formula is C26H26N6O. The number of nitrogens with zero attached hydrogens (tertiary/aromatic N) is 6. The van der Waals surface area contributed by atoms with E-state index in [1.54, 1.807) is 11.2 Å². The van der Waals surface area contributed by atoms with E-state index >= 15 is 0 Å². The molecule has 1 fully saturated rings. The summed E-state index contributed by atoms with van der Waals surface area (Å²) < 4.78 is 1.97. The molecule has 4 aromatic rings. The van der Waals surface area contributed by atoms with Gasteiger partial charge in [0.15, 0.2) is 5.82 Å². The maximum atomic E-state index is 13.4. The Morgan fingerprint density at radius 2 is 1.64 bits per heavy atom. The van der Waals surface area contributed by atoms with Crippen LogP contribution in [0.25, 0.3) is 22.6 Å². The summed E-state index contributed by atoms with van der Waals surface area (Å²) in [5.74, 6) is 1.31. The average molecular weight is 439 g/mol. The third kappa shape index (κ3) is 3.98. The fourth-order valence-electron chi connectivity index (χ4n) is 4.09. The van der Waals surface area contributed by atoms with Gasteiger partial charge < -0.3 is 4.57 Å². The lowest BCUT2D eigenvalue weighted by Gasteiger charge is -2.19. The van der Waals surface area contributed by atoms with E-state index in [4.69, 9.17) is 4.98 Å². The number of anilines is 2. The van der Waals surface area contributed by atoms with Crippen molar-refractivity contribution >= 4 is 17.5 Å². The summed E-state index contributed by atoms with van der Waals surface area (Å²) in [7, 11) is 0. The van der Waals surface area contributed by atoms with Gasteiger partial charge in [0, 0.05) is 24.8 Å². The fourth-order valence-corrected chi connectivity index (χ4v) is 4.09. The largest absolute Gasteiger partial charge is 0.330 e. The Bertz CT molecular complexity index is 1290. The van der Waals surface area contributed by atoms with Gasteiger partial charge in [-0.15, -0.1) is 10.2 Å². The minimum atomic E-state index is -0.0777. The molecular weight excluding hydrogens is 412 g/mol. The summed E-state index contributed by atoms with van der Waals surface area (Å²) >= 11 is 0. The maximum absolute atomic E-state index is 13.4. The first-order valence-electron chi connectivity index (χ1n) is 11.1. The van der Waals surface area contributed by atoms with Crippen LogP contribution in [0.1, 0.15) is 25.5 Å². The van der Waals surface area contributed by atoms with Gasteiger partial charge in [-0.05, 0) is 56.2 Å². The highest BCUT2D eigenvalue weighted by atomic mass is 16.2. The molecule has 0 aliphatic carbocycles. The number of carbonyl (C=O) groups excluding carboxylic acids is 1. The SMILES string of the molecule is Cc1ccc(-c2cccc(N3CCN(c4cccc(-c5nncn5C(C)C)n4)C3=O)c2)cc1. The van der Waals surface area contributed by atoms with Crippen molar-refractivity contribution in [3.63, 3.8) is 0 Å². The maximum Gasteiger partial charge on any atom is 0.330 e. The fraction of sp³-hybridized carbons (Fsp3) is 0.231. The summed E-state index contributed by atoms with van der Waals surface area (Å²) in [4.78, 5) is 21.6. The highest BCUT2D eigenvalue weighted by Crippen LogP contribution is 2.29. The number of aryl methyl sites for hydroxylation is 1. The first-order chi connectivity index (χ1) is 16.0. The van der Waals surface area contributed by atoms with Crippen molar-refractivity contribution in [1.82, 2.24) is 19.7 Å². The lowest BCUT2D eigenvalue weighted by molar-refractivity contribution is 0.255. The number of benzene rings is 2. The predicted octanol–water partition coefficient (Wildman–Crippen LogP) is 5.34. The van der Waals surface area contributed by atoms with Crippen LogP contribution in [0.2, 0.25) is 0 Å². The molecule has 0 saturated carbocycles. The topological polar surface area (TPSA) is 67.2 Å². The number of hydrogen-bond acceptors (Lipinski definition) is 4. The van der Waals surface area contributed by atoms with Gasteiger partial charge in [0.1, 0.15) is 17.8 Å².